The Bertz CT molecular complexity index is 310. The zero-order chi connectivity index (χ0) is 7.90. The zero-order valence-electron chi connectivity index (χ0n) is 6.76. The van der Waals surface area contributed by atoms with E-state index in [0.717, 1.165) is 5.69 Å². The van der Waals surface area contributed by atoms with E-state index in [-0.39, 0.29) is 5.41 Å². The highest BCUT2D eigenvalue weighted by molar-refractivity contribution is 5.84. The Balaban J connectivity index is 2.64. The minimum Gasteiger partial charge on any atom is -0.0581 e. The van der Waals surface area contributed by atoms with Crippen molar-refractivity contribution in [3.05, 3.63) is 29.8 Å². The van der Waals surface area contributed by atoms with Crippen LogP contribution in [0, 0.1) is 0 Å². The van der Waals surface area contributed by atoms with Crippen LogP contribution in [0.5, 0.6) is 0 Å². The maximum Gasteiger partial charge on any atom is 0.218 e. The van der Waals surface area contributed by atoms with Gasteiger partial charge in [0, 0.05) is 0 Å². The van der Waals surface area contributed by atoms with Crippen molar-refractivity contribution in [3.63, 3.8) is 0 Å². The topological polar surface area (TPSA) is 12.4 Å². The second-order valence-corrected chi connectivity index (χ2v) is 3.37. The summed E-state index contributed by atoms with van der Waals surface area (Å²) in [5, 5.41) is 0. The fraction of sp³-hybridized carbons (Fsp3) is 0.300. The first-order chi connectivity index (χ1) is 5.20. The lowest BCUT2D eigenvalue weighted by atomic mass is 9.87. The van der Waals surface area contributed by atoms with Crippen molar-refractivity contribution in [2.24, 2.45) is 4.99 Å². The number of rotatable bonds is 0. The summed E-state index contributed by atoms with van der Waals surface area (Å²) in [4.78, 5) is 4.20. The summed E-state index contributed by atoms with van der Waals surface area (Å²) in [5.41, 5.74) is 2.36. The molecule has 1 aliphatic heterocycles. The summed E-state index contributed by atoms with van der Waals surface area (Å²) >= 11 is 0. The van der Waals surface area contributed by atoms with Gasteiger partial charge < -0.3 is 0 Å². The number of fused-ring (bicyclic) bond motifs is 1. The lowest BCUT2D eigenvalue weighted by Gasteiger charge is -2.03. The largest absolute Gasteiger partial charge is 0.218 e. The predicted octanol–water partition coefficient (Wildman–Crippen LogP) is 2.56. The van der Waals surface area contributed by atoms with Crippen LogP contribution >= 0.6 is 0 Å². The minimum atomic E-state index is 0.0105. The van der Waals surface area contributed by atoms with Gasteiger partial charge >= 0.3 is 0 Å². The van der Waals surface area contributed by atoms with Crippen molar-refractivity contribution in [1.82, 2.24) is 0 Å². The van der Waals surface area contributed by atoms with Crippen molar-refractivity contribution in [2.75, 3.05) is 0 Å². The molecule has 0 aromatic heterocycles. The van der Waals surface area contributed by atoms with Crippen LogP contribution in [0.15, 0.2) is 29.3 Å². The quantitative estimate of drug-likeness (QED) is 0.496. The summed E-state index contributed by atoms with van der Waals surface area (Å²) in [5.74, 6) is 0. The maximum absolute atomic E-state index is 4.20. The number of hydrogen-bond acceptors (Lipinski definition) is 1. The molecule has 1 nitrogen and oxygen atoms in total. The standard InChI is InChI=1S/C10H10N/c1-10(2)7-11-9-6-4-3-5-8(9)10/h3-6H,1-2H3/q+1. The number of benzene rings is 1. The van der Waals surface area contributed by atoms with Gasteiger partial charge in [-0.15, -0.1) is 0 Å². The monoisotopic (exact) mass is 144 g/mol. The van der Waals surface area contributed by atoms with E-state index in [0.29, 0.717) is 0 Å². The van der Waals surface area contributed by atoms with Crippen molar-refractivity contribution in [2.45, 2.75) is 19.3 Å². The molecule has 0 unspecified atom stereocenters. The summed E-state index contributed by atoms with van der Waals surface area (Å²) < 4.78 is 0. The van der Waals surface area contributed by atoms with Crippen LogP contribution in [0.2, 0.25) is 0 Å². The van der Waals surface area contributed by atoms with Gasteiger partial charge in [0.1, 0.15) is 5.56 Å². The van der Waals surface area contributed by atoms with E-state index in [1.807, 2.05) is 18.2 Å². The van der Waals surface area contributed by atoms with Crippen molar-refractivity contribution >= 4 is 11.9 Å². The Labute approximate surface area is 66.8 Å². The number of hydrogen-bond donors (Lipinski definition) is 0. The average molecular weight is 144 g/mol. The first-order valence-electron chi connectivity index (χ1n) is 3.77. The molecule has 2 rings (SSSR count). The summed E-state index contributed by atoms with van der Waals surface area (Å²) in [6, 6.07) is 8.18. The molecule has 0 fully saturated rings. The van der Waals surface area contributed by atoms with Crippen LogP contribution in [0.3, 0.4) is 0 Å². The summed E-state index contributed by atoms with van der Waals surface area (Å²) in [7, 11) is 0. The Morgan fingerprint density at radius 3 is 2.73 bits per heavy atom. The molecule has 1 aromatic rings. The van der Waals surface area contributed by atoms with Gasteiger partial charge in [-0.25, -0.2) is 0 Å². The van der Waals surface area contributed by atoms with Crippen molar-refractivity contribution in [3.8, 4) is 0 Å². The van der Waals surface area contributed by atoms with Crippen molar-refractivity contribution in [1.29, 1.82) is 0 Å². The number of nitrogens with zero attached hydrogens (tertiary/aromatic N) is 1. The molecule has 0 amide bonds. The second kappa shape index (κ2) is 1.90. The Kier molecular flexibility index (Phi) is 1.12. The fourth-order valence-electron chi connectivity index (χ4n) is 1.36. The van der Waals surface area contributed by atoms with E-state index in [1.54, 1.807) is 0 Å². The average Bonchev–Trinajstić information content (AvgIpc) is 2.29. The van der Waals surface area contributed by atoms with Crippen LogP contribution < -0.4 is 0 Å². The van der Waals surface area contributed by atoms with Crippen LogP contribution in [0.4, 0.5) is 5.69 Å². The molecule has 54 valence electrons. The van der Waals surface area contributed by atoms with Gasteiger partial charge in [0.25, 0.3) is 0 Å². The lowest BCUT2D eigenvalue weighted by Crippen LogP contribution is -2.14. The molecule has 0 saturated heterocycles. The van der Waals surface area contributed by atoms with Crippen molar-refractivity contribution < 1.29 is 0 Å². The first kappa shape index (κ1) is 6.51. The fourth-order valence-corrected chi connectivity index (χ4v) is 1.36. The molecule has 0 N–H and O–H groups in total. The third-order valence-corrected chi connectivity index (χ3v) is 2.03. The number of aliphatic imine (C=N–C) groups is 1. The Hall–Kier alpha value is -1.20. The number of para-hydroxylation sites is 1. The zero-order valence-corrected chi connectivity index (χ0v) is 6.76. The van der Waals surface area contributed by atoms with Gasteiger partial charge in [-0.3, -0.25) is 0 Å². The molecule has 0 bridgehead atoms. The van der Waals surface area contributed by atoms with Gasteiger partial charge in [-0.05, 0) is 31.0 Å². The Morgan fingerprint density at radius 2 is 2.00 bits per heavy atom. The molecule has 0 radical (unpaired) electrons. The highest BCUT2D eigenvalue weighted by Gasteiger charge is 2.37. The SMILES string of the molecule is CC1(C)[C+]=Nc2ccccc21. The van der Waals surface area contributed by atoms with E-state index in [9.17, 15) is 0 Å². The molecule has 1 aliphatic rings. The predicted molar refractivity (Wildman–Crippen MR) is 46.6 cm³/mol. The highest BCUT2D eigenvalue weighted by Crippen LogP contribution is 2.35. The van der Waals surface area contributed by atoms with Crippen LogP contribution in [-0.2, 0) is 5.41 Å². The molecule has 11 heavy (non-hydrogen) atoms. The van der Waals surface area contributed by atoms with E-state index in [4.69, 9.17) is 0 Å². The molecule has 1 heteroatoms. The minimum absolute atomic E-state index is 0.0105. The van der Waals surface area contributed by atoms with Gasteiger partial charge in [0.2, 0.25) is 5.69 Å². The molecule has 0 aliphatic carbocycles. The molecular weight excluding hydrogens is 134 g/mol. The molecule has 1 heterocycles. The van der Waals surface area contributed by atoms with Crippen LogP contribution in [0.1, 0.15) is 19.4 Å². The summed E-state index contributed by atoms with van der Waals surface area (Å²) in [6.07, 6.45) is 3.09. The van der Waals surface area contributed by atoms with Gasteiger partial charge in [0.15, 0.2) is 11.6 Å². The third kappa shape index (κ3) is 0.856. The molecule has 0 spiro atoms. The highest BCUT2D eigenvalue weighted by atomic mass is 14.8. The van der Waals surface area contributed by atoms with E-state index in [1.165, 1.54) is 5.56 Å². The molecule has 1 aromatic carbocycles. The molecule has 0 saturated carbocycles. The molecular formula is C10H10N+. The van der Waals surface area contributed by atoms with Gasteiger partial charge in [-0.2, -0.15) is 0 Å². The maximum atomic E-state index is 4.20. The summed E-state index contributed by atoms with van der Waals surface area (Å²) in [6.45, 7) is 4.25. The smallest absolute Gasteiger partial charge is 0.0581 e. The molecule has 0 atom stereocenters. The lowest BCUT2D eigenvalue weighted by molar-refractivity contribution is 0.753. The van der Waals surface area contributed by atoms with Crippen LogP contribution in [-0.4, -0.2) is 6.21 Å². The first-order valence-corrected chi connectivity index (χ1v) is 3.77. The van der Waals surface area contributed by atoms with Crippen LogP contribution in [0.25, 0.3) is 0 Å². The van der Waals surface area contributed by atoms with Gasteiger partial charge in [-0.1, -0.05) is 6.07 Å². The Morgan fingerprint density at radius 1 is 1.27 bits per heavy atom. The van der Waals surface area contributed by atoms with Gasteiger partial charge in [0.05, 0.1) is 6.07 Å². The van der Waals surface area contributed by atoms with E-state index >= 15 is 0 Å². The third-order valence-electron chi connectivity index (χ3n) is 2.03. The van der Waals surface area contributed by atoms with E-state index < -0.39 is 0 Å². The second-order valence-electron chi connectivity index (χ2n) is 3.37. The van der Waals surface area contributed by atoms with E-state index in [2.05, 4.69) is 31.1 Å². The normalized spacial score (nSPS) is 17.6.